The van der Waals surface area contributed by atoms with E-state index in [1.807, 2.05) is 56.3 Å². The van der Waals surface area contributed by atoms with E-state index in [2.05, 4.69) is 21.2 Å². The molecule has 2 aromatic carbocycles. The summed E-state index contributed by atoms with van der Waals surface area (Å²) in [6, 6.07) is 13.1. The Bertz CT molecular complexity index is 588. The lowest BCUT2D eigenvalue weighted by Gasteiger charge is -2.10. The Morgan fingerprint density at radius 3 is 2.35 bits per heavy atom. The van der Waals surface area contributed by atoms with Gasteiger partial charge in [0.1, 0.15) is 5.75 Å². The fourth-order valence-corrected chi connectivity index (χ4v) is 2.09. The predicted octanol–water partition coefficient (Wildman–Crippen LogP) is 4.08. The highest BCUT2D eigenvalue weighted by atomic mass is 79.9. The van der Waals surface area contributed by atoms with Crippen molar-refractivity contribution in [2.45, 2.75) is 13.8 Å². The molecule has 0 heterocycles. The number of hydrogen-bond acceptors (Lipinski definition) is 2. The molecule has 0 aliphatic carbocycles. The highest BCUT2D eigenvalue weighted by Gasteiger charge is 2.06. The molecule has 0 bridgehead atoms. The molecule has 0 saturated heterocycles. The van der Waals surface area contributed by atoms with E-state index in [1.165, 1.54) is 0 Å². The SMILES string of the molecule is Cc1cc(OCC(=O)Nc2ccccc2)cc(C)c1Br. The number of para-hydroxylation sites is 1. The van der Waals surface area contributed by atoms with E-state index in [0.717, 1.165) is 21.3 Å². The number of carbonyl (C=O) groups is 1. The van der Waals surface area contributed by atoms with Crippen LogP contribution in [0.5, 0.6) is 5.75 Å². The first-order valence-electron chi connectivity index (χ1n) is 6.30. The van der Waals surface area contributed by atoms with Crippen LogP contribution in [0.15, 0.2) is 46.9 Å². The molecule has 4 heteroatoms. The van der Waals surface area contributed by atoms with Crippen molar-refractivity contribution in [2.75, 3.05) is 11.9 Å². The molecule has 0 aliphatic heterocycles. The van der Waals surface area contributed by atoms with Crippen molar-refractivity contribution in [2.24, 2.45) is 0 Å². The van der Waals surface area contributed by atoms with E-state index < -0.39 is 0 Å². The molecule has 0 atom stereocenters. The van der Waals surface area contributed by atoms with Gasteiger partial charge in [-0.25, -0.2) is 0 Å². The summed E-state index contributed by atoms with van der Waals surface area (Å²) in [5, 5.41) is 2.78. The number of hydrogen-bond donors (Lipinski definition) is 1. The topological polar surface area (TPSA) is 38.3 Å². The van der Waals surface area contributed by atoms with Crippen LogP contribution in [0.2, 0.25) is 0 Å². The van der Waals surface area contributed by atoms with E-state index in [0.29, 0.717) is 5.75 Å². The molecule has 104 valence electrons. The molecule has 0 radical (unpaired) electrons. The first-order valence-corrected chi connectivity index (χ1v) is 7.10. The zero-order valence-corrected chi connectivity index (χ0v) is 13.0. The van der Waals surface area contributed by atoms with E-state index in [1.54, 1.807) is 0 Å². The normalized spacial score (nSPS) is 10.2. The lowest BCUT2D eigenvalue weighted by atomic mass is 10.1. The second kappa shape index (κ2) is 6.57. The number of carbonyl (C=O) groups excluding carboxylic acids is 1. The first-order chi connectivity index (χ1) is 9.56. The van der Waals surface area contributed by atoms with E-state index in [9.17, 15) is 4.79 Å². The smallest absolute Gasteiger partial charge is 0.262 e. The molecule has 1 N–H and O–H groups in total. The van der Waals surface area contributed by atoms with Gasteiger partial charge in [0.2, 0.25) is 0 Å². The van der Waals surface area contributed by atoms with Crippen molar-refractivity contribution in [1.29, 1.82) is 0 Å². The summed E-state index contributed by atoms with van der Waals surface area (Å²) in [6.45, 7) is 3.98. The summed E-state index contributed by atoms with van der Waals surface area (Å²) in [4.78, 5) is 11.8. The highest BCUT2D eigenvalue weighted by Crippen LogP contribution is 2.26. The molecule has 0 fully saturated rings. The van der Waals surface area contributed by atoms with Gasteiger partial charge in [-0.05, 0) is 49.2 Å². The lowest BCUT2D eigenvalue weighted by molar-refractivity contribution is -0.118. The summed E-state index contributed by atoms with van der Waals surface area (Å²) in [7, 11) is 0. The fraction of sp³-hybridized carbons (Fsp3) is 0.188. The second-order valence-corrected chi connectivity index (χ2v) is 5.37. The van der Waals surface area contributed by atoms with Crippen LogP contribution in [-0.2, 0) is 4.79 Å². The van der Waals surface area contributed by atoms with Gasteiger partial charge in [-0.2, -0.15) is 0 Å². The zero-order chi connectivity index (χ0) is 14.5. The number of benzene rings is 2. The average molecular weight is 334 g/mol. The third-order valence-electron chi connectivity index (χ3n) is 2.84. The Morgan fingerprint density at radius 1 is 1.15 bits per heavy atom. The molecule has 0 aromatic heterocycles. The van der Waals surface area contributed by atoms with Crippen LogP contribution in [0, 0.1) is 13.8 Å². The number of anilines is 1. The molecule has 0 spiro atoms. The van der Waals surface area contributed by atoms with E-state index >= 15 is 0 Å². The van der Waals surface area contributed by atoms with Crippen LogP contribution in [-0.4, -0.2) is 12.5 Å². The van der Waals surface area contributed by atoms with Gasteiger partial charge in [0.15, 0.2) is 6.61 Å². The highest BCUT2D eigenvalue weighted by molar-refractivity contribution is 9.10. The Labute approximate surface area is 127 Å². The van der Waals surface area contributed by atoms with Gasteiger partial charge in [-0.1, -0.05) is 34.1 Å². The van der Waals surface area contributed by atoms with Gasteiger partial charge in [0.25, 0.3) is 5.91 Å². The average Bonchev–Trinajstić information content (AvgIpc) is 2.43. The second-order valence-electron chi connectivity index (χ2n) is 4.57. The van der Waals surface area contributed by atoms with Crippen LogP contribution < -0.4 is 10.1 Å². The number of rotatable bonds is 4. The molecule has 1 amide bonds. The standard InChI is InChI=1S/C16H16BrNO2/c1-11-8-14(9-12(2)16(11)17)20-10-15(19)18-13-6-4-3-5-7-13/h3-9H,10H2,1-2H3,(H,18,19). The molecule has 0 aliphatic rings. The molecule has 2 aromatic rings. The van der Waals surface area contributed by atoms with Gasteiger partial charge < -0.3 is 10.1 Å². The van der Waals surface area contributed by atoms with Gasteiger partial charge in [0, 0.05) is 10.2 Å². The number of halogens is 1. The van der Waals surface area contributed by atoms with Crippen molar-refractivity contribution in [3.05, 3.63) is 58.1 Å². The van der Waals surface area contributed by atoms with E-state index in [-0.39, 0.29) is 12.5 Å². The Morgan fingerprint density at radius 2 is 1.75 bits per heavy atom. The summed E-state index contributed by atoms with van der Waals surface area (Å²) in [5.74, 6) is 0.529. The lowest BCUT2D eigenvalue weighted by Crippen LogP contribution is -2.20. The van der Waals surface area contributed by atoms with Crippen molar-refractivity contribution < 1.29 is 9.53 Å². The van der Waals surface area contributed by atoms with E-state index in [4.69, 9.17) is 4.74 Å². The number of amides is 1. The van der Waals surface area contributed by atoms with Gasteiger partial charge >= 0.3 is 0 Å². The summed E-state index contributed by atoms with van der Waals surface area (Å²) >= 11 is 3.50. The summed E-state index contributed by atoms with van der Waals surface area (Å²) in [5.41, 5.74) is 2.94. The Balaban J connectivity index is 1.94. The molecule has 2 rings (SSSR count). The van der Waals surface area contributed by atoms with Gasteiger partial charge in [-0.3, -0.25) is 4.79 Å². The van der Waals surface area contributed by atoms with Crippen molar-refractivity contribution in [3.63, 3.8) is 0 Å². The van der Waals surface area contributed by atoms with Crippen LogP contribution in [0.3, 0.4) is 0 Å². The number of ether oxygens (including phenoxy) is 1. The maximum atomic E-state index is 11.8. The Hall–Kier alpha value is -1.81. The third-order valence-corrected chi connectivity index (χ3v) is 4.09. The zero-order valence-electron chi connectivity index (χ0n) is 11.4. The maximum absolute atomic E-state index is 11.8. The molecule has 0 saturated carbocycles. The van der Waals surface area contributed by atoms with Crippen molar-refractivity contribution in [3.8, 4) is 5.75 Å². The Kier molecular flexibility index (Phi) is 4.79. The minimum Gasteiger partial charge on any atom is -0.484 e. The molecule has 20 heavy (non-hydrogen) atoms. The van der Waals surface area contributed by atoms with Crippen molar-refractivity contribution in [1.82, 2.24) is 0 Å². The fourth-order valence-electron chi connectivity index (χ4n) is 1.86. The summed E-state index contributed by atoms with van der Waals surface area (Å²) < 4.78 is 6.59. The molecule has 0 unspecified atom stereocenters. The minimum atomic E-state index is -0.172. The third kappa shape index (κ3) is 3.84. The summed E-state index contributed by atoms with van der Waals surface area (Å²) in [6.07, 6.45) is 0. The number of nitrogens with one attached hydrogen (secondary N) is 1. The first kappa shape index (κ1) is 14.6. The molecule has 3 nitrogen and oxygen atoms in total. The quantitative estimate of drug-likeness (QED) is 0.915. The van der Waals surface area contributed by atoms with Gasteiger partial charge in [-0.15, -0.1) is 0 Å². The largest absolute Gasteiger partial charge is 0.484 e. The van der Waals surface area contributed by atoms with Gasteiger partial charge in [0.05, 0.1) is 0 Å². The van der Waals surface area contributed by atoms with Crippen LogP contribution in [0.4, 0.5) is 5.69 Å². The maximum Gasteiger partial charge on any atom is 0.262 e. The molecular formula is C16H16BrNO2. The van der Waals surface area contributed by atoms with Crippen LogP contribution in [0.25, 0.3) is 0 Å². The number of aryl methyl sites for hydroxylation is 2. The monoisotopic (exact) mass is 333 g/mol. The van der Waals surface area contributed by atoms with Crippen molar-refractivity contribution >= 4 is 27.5 Å². The minimum absolute atomic E-state index is 0.00456. The van der Waals surface area contributed by atoms with Crippen LogP contribution >= 0.6 is 15.9 Å². The molecular weight excluding hydrogens is 318 g/mol. The van der Waals surface area contributed by atoms with Crippen LogP contribution in [0.1, 0.15) is 11.1 Å². The predicted molar refractivity (Wildman–Crippen MR) is 84.2 cm³/mol.